The lowest BCUT2D eigenvalue weighted by molar-refractivity contribution is 0.104. The fourth-order valence-electron chi connectivity index (χ4n) is 1.03. The van der Waals surface area contributed by atoms with E-state index in [2.05, 4.69) is 15.9 Å². The predicted molar refractivity (Wildman–Crippen MR) is 62.9 cm³/mol. The lowest BCUT2D eigenvalue weighted by Gasteiger charge is -2.01. The summed E-state index contributed by atoms with van der Waals surface area (Å²) in [4.78, 5) is 11.7. The zero-order valence-electron chi connectivity index (χ0n) is 7.97. The van der Waals surface area contributed by atoms with Crippen LogP contribution in [0, 0.1) is 0 Å². The number of benzene rings is 1. The Morgan fingerprint density at radius 3 is 2.64 bits per heavy atom. The molecule has 0 aliphatic carbocycles. The fraction of sp³-hybridized carbons (Fsp3) is 0.182. The first-order valence-corrected chi connectivity index (χ1v) is 5.32. The van der Waals surface area contributed by atoms with Crippen molar-refractivity contribution in [2.24, 2.45) is 0 Å². The molecule has 0 atom stereocenters. The van der Waals surface area contributed by atoms with E-state index in [1.165, 1.54) is 0 Å². The number of halogens is 2. The molecule has 0 aliphatic heterocycles. The van der Waals surface area contributed by atoms with Gasteiger partial charge in [0.1, 0.15) is 0 Å². The van der Waals surface area contributed by atoms with Gasteiger partial charge in [0.05, 0.1) is 0 Å². The first-order chi connectivity index (χ1) is 6.50. The minimum Gasteiger partial charge on any atom is -0.289 e. The van der Waals surface area contributed by atoms with Crippen LogP contribution in [0.4, 0.5) is 0 Å². The van der Waals surface area contributed by atoms with Crippen LogP contribution >= 0.6 is 27.5 Å². The van der Waals surface area contributed by atoms with Crippen molar-refractivity contribution in [1.29, 1.82) is 0 Å². The van der Waals surface area contributed by atoms with Crippen molar-refractivity contribution in [1.82, 2.24) is 0 Å². The Kier molecular flexibility index (Phi) is 3.90. The van der Waals surface area contributed by atoms with Crippen LogP contribution in [0.5, 0.6) is 0 Å². The van der Waals surface area contributed by atoms with Gasteiger partial charge in [0, 0.05) is 15.1 Å². The summed E-state index contributed by atoms with van der Waals surface area (Å²) in [6.45, 7) is 3.77. The molecule has 1 aromatic rings. The molecule has 3 heteroatoms. The molecule has 0 bridgehead atoms. The van der Waals surface area contributed by atoms with Crippen molar-refractivity contribution in [2.75, 3.05) is 0 Å². The van der Waals surface area contributed by atoms with Gasteiger partial charge in [0.25, 0.3) is 0 Å². The summed E-state index contributed by atoms with van der Waals surface area (Å²) in [6, 6.07) is 5.17. The SMILES string of the molecule is CC(C)=CC(=O)c1cc(Cl)ccc1Br. The van der Waals surface area contributed by atoms with Gasteiger partial charge in [-0.1, -0.05) is 33.1 Å². The van der Waals surface area contributed by atoms with E-state index >= 15 is 0 Å². The highest BCUT2D eigenvalue weighted by atomic mass is 79.9. The first-order valence-electron chi connectivity index (χ1n) is 4.15. The van der Waals surface area contributed by atoms with Crippen LogP contribution in [0.2, 0.25) is 5.02 Å². The molecule has 0 radical (unpaired) electrons. The zero-order valence-corrected chi connectivity index (χ0v) is 10.3. The van der Waals surface area contributed by atoms with Crippen LogP contribution in [-0.2, 0) is 0 Å². The van der Waals surface area contributed by atoms with E-state index in [1.54, 1.807) is 24.3 Å². The third kappa shape index (κ3) is 2.96. The standard InChI is InChI=1S/C11H10BrClO/c1-7(2)5-11(14)9-6-8(13)3-4-10(9)12/h3-6H,1-2H3. The van der Waals surface area contributed by atoms with E-state index in [4.69, 9.17) is 11.6 Å². The Morgan fingerprint density at radius 1 is 1.43 bits per heavy atom. The average Bonchev–Trinajstić information content (AvgIpc) is 2.08. The second-order valence-corrected chi connectivity index (χ2v) is 4.50. The maximum atomic E-state index is 11.7. The Balaban J connectivity index is 3.12. The molecule has 1 aromatic carbocycles. The largest absolute Gasteiger partial charge is 0.289 e. The summed E-state index contributed by atoms with van der Waals surface area (Å²) < 4.78 is 0.768. The molecular weight excluding hydrogens is 263 g/mol. The average molecular weight is 274 g/mol. The topological polar surface area (TPSA) is 17.1 Å². The van der Waals surface area contributed by atoms with Crippen LogP contribution in [0.15, 0.2) is 34.3 Å². The molecule has 1 rings (SSSR count). The first kappa shape index (κ1) is 11.5. The normalized spacial score (nSPS) is 9.71. The van der Waals surface area contributed by atoms with Gasteiger partial charge in [-0.25, -0.2) is 0 Å². The highest BCUT2D eigenvalue weighted by molar-refractivity contribution is 9.10. The summed E-state index contributed by atoms with van der Waals surface area (Å²) in [6.07, 6.45) is 1.59. The third-order valence-electron chi connectivity index (χ3n) is 1.61. The predicted octanol–water partition coefficient (Wildman–Crippen LogP) is 4.25. The number of ketones is 1. The molecule has 74 valence electrons. The van der Waals surface area contributed by atoms with Gasteiger partial charge in [0.15, 0.2) is 5.78 Å². The summed E-state index contributed by atoms with van der Waals surface area (Å²) in [7, 11) is 0. The highest BCUT2D eigenvalue weighted by Gasteiger charge is 2.07. The lowest BCUT2D eigenvalue weighted by atomic mass is 10.1. The summed E-state index contributed by atoms with van der Waals surface area (Å²) >= 11 is 9.12. The lowest BCUT2D eigenvalue weighted by Crippen LogP contribution is -1.96. The van der Waals surface area contributed by atoms with Gasteiger partial charge in [-0.2, -0.15) is 0 Å². The van der Waals surface area contributed by atoms with Gasteiger partial charge >= 0.3 is 0 Å². The van der Waals surface area contributed by atoms with Crippen molar-refractivity contribution in [3.05, 3.63) is 44.9 Å². The highest BCUT2D eigenvalue weighted by Crippen LogP contribution is 2.22. The van der Waals surface area contributed by atoms with E-state index in [9.17, 15) is 4.79 Å². The van der Waals surface area contributed by atoms with Crippen molar-refractivity contribution >= 4 is 33.3 Å². The molecule has 0 aromatic heterocycles. The monoisotopic (exact) mass is 272 g/mol. The number of carbonyl (C=O) groups is 1. The van der Waals surface area contributed by atoms with E-state index in [0.717, 1.165) is 10.0 Å². The maximum Gasteiger partial charge on any atom is 0.186 e. The molecule has 0 saturated carbocycles. The van der Waals surface area contributed by atoms with Crippen LogP contribution < -0.4 is 0 Å². The van der Waals surface area contributed by atoms with Gasteiger partial charge < -0.3 is 0 Å². The number of rotatable bonds is 2. The van der Waals surface area contributed by atoms with Crippen LogP contribution in [-0.4, -0.2) is 5.78 Å². The Hall–Kier alpha value is -0.600. The van der Waals surface area contributed by atoms with Crippen LogP contribution in [0.1, 0.15) is 24.2 Å². The van der Waals surface area contributed by atoms with E-state index in [-0.39, 0.29) is 5.78 Å². The van der Waals surface area contributed by atoms with E-state index in [1.807, 2.05) is 13.8 Å². The molecule has 1 nitrogen and oxygen atoms in total. The summed E-state index contributed by atoms with van der Waals surface area (Å²) in [5.41, 5.74) is 1.57. The molecule has 0 spiro atoms. The number of allylic oxidation sites excluding steroid dienone is 2. The van der Waals surface area contributed by atoms with Gasteiger partial charge in [-0.3, -0.25) is 4.79 Å². The quantitative estimate of drug-likeness (QED) is 0.581. The van der Waals surface area contributed by atoms with Gasteiger partial charge in [-0.05, 0) is 38.1 Å². The second kappa shape index (κ2) is 4.76. The third-order valence-corrected chi connectivity index (χ3v) is 2.54. The summed E-state index contributed by atoms with van der Waals surface area (Å²) in [5.74, 6) is -0.0284. The van der Waals surface area contributed by atoms with Crippen molar-refractivity contribution in [2.45, 2.75) is 13.8 Å². The van der Waals surface area contributed by atoms with Crippen LogP contribution in [0.25, 0.3) is 0 Å². The van der Waals surface area contributed by atoms with Crippen molar-refractivity contribution < 1.29 is 4.79 Å². The van der Waals surface area contributed by atoms with Crippen LogP contribution in [0.3, 0.4) is 0 Å². The Morgan fingerprint density at radius 2 is 2.07 bits per heavy atom. The smallest absolute Gasteiger partial charge is 0.186 e. The molecule has 0 aliphatic rings. The zero-order chi connectivity index (χ0) is 10.7. The van der Waals surface area contributed by atoms with Crippen molar-refractivity contribution in [3.63, 3.8) is 0 Å². The Labute approximate surface area is 96.9 Å². The Bertz CT molecular complexity index is 392. The molecule has 0 unspecified atom stereocenters. The number of hydrogen-bond donors (Lipinski definition) is 0. The fourth-order valence-corrected chi connectivity index (χ4v) is 1.64. The minimum absolute atomic E-state index is 0.0284. The summed E-state index contributed by atoms with van der Waals surface area (Å²) in [5, 5.41) is 0.568. The number of carbonyl (C=O) groups excluding carboxylic acids is 1. The second-order valence-electron chi connectivity index (χ2n) is 3.21. The van der Waals surface area contributed by atoms with Gasteiger partial charge in [-0.15, -0.1) is 0 Å². The molecule has 0 heterocycles. The van der Waals surface area contributed by atoms with E-state index in [0.29, 0.717) is 10.6 Å². The maximum absolute atomic E-state index is 11.7. The molecular formula is C11H10BrClO. The minimum atomic E-state index is -0.0284. The van der Waals surface area contributed by atoms with Crippen molar-refractivity contribution in [3.8, 4) is 0 Å². The molecule has 0 fully saturated rings. The molecule has 0 amide bonds. The molecule has 0 saturated heterocycles. The molecule has 0 N–H and O–H groups in total. The van der Waals surface area contributed by atoms with Gasteiger partial charge in [0.2, 0.25) is 0 Å². The van der Waals surface area contributed by atoms with E-state index < -0.39 is 0 Å². The molecule has 14 heavy (non-hydrogen) atoms. The number of hydrogen-bond acceptors (Lipinski definition) is 1.